The zero-order valence-corrected chi connectivity index (χ0v) is 24.7. The minimum Gasteiger partial charge on any atom is -0.396 e. The Labute approximate surface area is 240 Å². The molecular weight excluding hydrogens is 541 g/mol. The molecule has 41 heavy (non-hydrogen) atoms. The number of hydrogen-bond donors (Lipinski definition) is 1. The van der Waals surface area contributed by atoms with Gasteiger partial charge in [-0.05, 0) is 43.3 Å². The number of aryl methyl sites for hydroxylation is 1. The van der Waals surface area contributed by atoms with Crippen molar-refractivity contribution in [2.24, 2.45) is 5.92 Å². The number of halogens is 1. The van der Waals surface area contributed by atoms with Crippen LogP contribution >= 0.6 is 0 Å². The molecular formula is C30H36FN5O4Si. The predicted octanol–water partition coefficient (Wildman–Crippen LogP) is 3.96. The molecule has 4 atom stereocenters. The van der Waals surface area contributed by atoms with Crippen molar-refractivity contribution in [1.29, 1.82) is 0 Å². The van der Waals surface area contributed by atoms with Gasteiger partial charge < -0.3 is 23.8 Å². The second-order valence-electron chi connectivity index (χ2n) is 11.9. The molecule has 1 N–H and O–H groups in total. The van der Waals surface area contributed by atoms with Gasteiger partial charge in [-0.2, -0.15) is 0 Å². The molecule has 2 aromatic carbocycles. The van der Waals surface area contributed by atoms with Gasteiger partial charge in [-0.15, -0.1) is 5.10 Å². The van der Waals surface area contributed by atoms with Crippen LogP contribution in [-0.2, 0) is 39.4 Å². The Hall–Kier alpha value is -3.41. The first kappa shape index (κ1) is 27.7. The lowest BCUT2D eigenvalue weighted by Gasteiger charge is -2.33. The summed E-state index contributed by atoms with van der Waals surface area (Å²) in [5.41, 5.74) is 2.06. The molecule has 2 saturated heterocycles. The van der Waals surface area contributed by atoms with E-state index in [0.717, 1.165) is 16.9 Å². The normalized spacial score (nSPS) is 25.7. The summed E-state index contributed by atoms with van der Waals surface area (Å²) < 4.78 is 24.7. The Morgan fingerprint density at radius 1 is 1.17 bits per heavy atom. The number of hydrogen-bond acceptors (Lipinski definition) is 6. The smallest absolute Gasteiger partial charge is 0.264 e. The van der Waals surface area contributed by atoms with Gasteiger partial charge in [-0.25, -0.2) is 0 Å². The van der Waals surface area contributed by atoms with Crippen LogP contribution in [-0.4, -0.2) is 59.6 Å². The first-order valence-electron chi connectivity index (χ1n) is 14.3. The van der Waals surface area contributed by atoms with Crippen molar-refractivity contribution >= 4 is 31.6 Å². The largest absolute Gasteiger partial charge is 0.396 e. The van der Waals surface area contributed by atoms with Crippen LogP contribution in [0.2, 0.25) is 18.6 Å². The summed E-state index contributed by atoms with van der Waals surface area (Å²) in [6, 6.07) is 15.5. The third-order valence-corrected chi connectivity index (χ3v) is 11.3. The highest BCUT2D eigenvalue weighted by Crippen LogP contribution is 2.60. The van der Waals surface area contributed by atoms with Gasteiger partial charge in [0.2, 0.25) is 14.3 Å². The molecule has 0 radical (unpaired) electrons. The van der Waals surface area contributed by atoms with Crippen molar-refractivity contribution in [1.82, 2.24) is 15.0 Å². The summed E-state index contributed by atoms with van der Waals surface area (Å²) in [4.78, 5) is 30.4. The van der Waals surface area contributed by atoms with E-state index in [1.54, 1.807) is 33.8 Å². The highest BCUT2D eigenvalue weighted by Gasteiger charge is 2.66. The Bertz CT molecular complexity index is 1460. The molecule has 1 aromatic heterocycles. The fourth-order valence-corrected chi connectivity index (χ4v) is 9.46. The quantitative estimate of drug-likeness (QED) is 0.235. The minimum absolute atomic E-state index is 0.0137. The van der Waals surface area contributed by atoms with E-state index in [1.807, 2.05) is 55.5 Å². The predicted molar refractivity (Wildman–Crippen MR) is 155 cm³/mol. The number of carbonyl (C=O) groups is 2. The number of aromatic nitrogens is 3. The molecule has 0 bridgehead atoms. The van der Waals surface area contributed by atoms with E-state index in [2.05, 4.69) is 10.3 Å². The minimum atomic E-state index is -3.32. The third-order valence-electron chi connectivity index (χ3n) is 8.89. The molecule has 216 valence electrons. The van der Waals surface area contributed by atoms with Crippen molar-refractivity contribution in [2.45, 2.75) is 69.6 Å². The summed E-state index contributed by atoms with van der Waals surface area (Å²) in [7, 11) is -3.32. The van der Waals surface area contributed by atoms with E-state index in [-0.39, 0.29) is 18.4 Å². The molecule has 0 saturated carbocycles. The molecule has 3 aliphatic rings. The lowest BCUT2D eigenvalue weighted by Crippen LogP contribution is -2.45. The van der Waals surface area contributed by atoms with Gasteiger partial charge in [0.1, 0.15) is 0 Å². The number of β-lactam (4-membered cyclic amide) rings is 1. The number of anilines is 2. The van der Waals surface area contributed by atoms with Crippen molar-refractivity contribution in [2.75, 3.05) is 23.0 Å². The van der Waals surface area contributed by atoms with Crippen LogP contribution in [0, 0.1) is 5.92 Å². The van der Waals surface area contributed by atoms with Gasteiger partial charge in [-0.3, -0.25) is 14.3 Å². The molecule has 2 amide bonds. The van der Waals surface area contributed by atoms with E-state index in [9.17, 15) is 14.7 Å². The molecule has 0 unspecified atom stereocenters. The van der Waals surface area contributed by atoms with Crippen LogP contribution < -0.4 is 9.80 Å². The average molecular weight is 578 g/mol. The van der Waals surface area contributed by atoms with Gasteiger partial charge in [0.25, 0.3) is 5.91 Å². The standard InChI is InChI=1S/C30H36FN5O4Si/c1-20-28(41(2,3)31)26(11-14-34-19-22(13-16-37)32-33-34)40-30(20)24-17-23(35-15-12-27(35)38)9-10-25(24)36(29(30)39)18-21-7-5-4-6-8-21/h4-10,17,19-20,26,28,37H,11-16,18H2,1-3H3/t20-,26+,28-,30+/m1/s1. The van der Waals surface area contributed by atoms with Crippen LogP contribution in [0.3, 0.4) is 0 Å². The Kier molecular flexibility index (Phi) is 7.07. The lowest BCUT2D eigenvalue weighted by molar-refractivity contribution is -0.146. The van der Waals surface area contributed by atoms with E-state index >= 15 is 4.11 Å². The maximum absolute atomic E-state index is 16.1. The molecule has 3 aromatic rings. The van der Waals surface area contributed by atoms with Crippen LogP contribution in [0.25, 0.3) is 0 Å². The lowest BCUT2D eigenvalue weighted by atomic mass is 9.82. The van der Waals surface area contributed by atoms with Crippen molar-refractivity contribution in [3.63, 3.8) is 0 Å². The molecule has 4 heterocycles. The number of amides is 2. The SMILES string of the molecule is C[C@@H]1[C@@H]([Si](C)(C)F)[C@H](CCn2cc(CCO)nn2)O[C@@]12C(=O)N(Cc1ccccc1)c1ccc(N3CCC3=O)cc12. The maximum atomic E-state index is 16.1. The first-order valence-corrected chi connectivity index (χ1v) is 17.3. The van der Waals surface area contributed by atoms with Gasteiger partial charge in [-0.1, -0.05) is 42.5 Å². The molecule has 11 heteroatoms. The maximum Gasteiger partial charge on any atom is 0.264 e. The fraction of sp³-hybridized carbons (Fsp3) is 0.467. The van der Waals surface area contributed by atoms with Crippen molar-refractivity contribution < 1.29 is 23.5 Å². The van der Waals surface area contributed by atoms with Gasteiger partial charge in [0.05, 0.1) is 24.0 Å². The zero-order valence-electron chi connectivity index (χ0n) is 23.7. The van der Waals surface area contributed by atoms with Crippen molar-refractivity contribution in [3.05, 3.63) is 71.5 Å². The molecule has 3 aliphatic heterocycles. The molecule has 1 spiro atoms. The highest BCUT2D eigenvalue weighted by molar-refractivity contribution is 6.72. The second-order valence-corrected chi connectivity index (χ2v) is 15.7. The second kappa shape index (κ2) is 10.5. The Morgan fingerprint density at radius 3 is 2.61 bits per heavy atom. The van der Waals surface area contributed by atoms with E-state index in [4.69, 9.17) is 4.74 Å². The number of rotatable bonds is 9. The van der Waals surface area contributed by atoms with E-state index in [1.165, 1.54) is 0 Å². The van der Waals surface area contributed by atoms with Crippen molar-refractivity contribution in [3.8, 4) is 0 Å². The Balaban J connectivity index is 1.39. The van der Waals surface area contributed by atoms with Crippen LogP contribution in [0.15, 0.2) is 54.7 Å². The van der Waals surface area contributed by atoms with Crippen LogP contribution in [0.1, 0.15) is 36.6 Å². The van der Waals surface area contributed by atoms with Gasteiger partial charge in [0.15, 0.2) is 5.60 Å². The third kappa shape index (κ3) is 4.69. The van der Waals surface area contributed by atoms with Crippen LogP contribution in [0.5, 0.6) is 0 Å². The number of ether oxygens (including phenoxy) is 1. The monoisotopic (exact) mass is 577 g/mol. The molecule has 0 aliphatic carbocycles. The fourth-order valence-electron chi connectivity index (χ4n) is 6.92. The topological polar surface area (TPSA) is 101 Å². The summed E-state index contributed by atoms with van der Waals surface area (Å²) in [5.74, 6) is -0.562. The number of fused-ring (bicyclic) bond motifs is 2. The summed E-state index contributed by atoms with van der Waals surface area (Å²) in [6.07, 6.45) is 2.65. The van der Waals surface area contributed by atoms with Gasteiger partial charge >= 0.3 is 0 Å². The average Bonchev–Trinajstić information content (AvgIpc) is 3.57. The number of carbonyl (C=O) groups excluding carboxylic acids is 2. The van der Waals surface area contributed by atoms with E-state index in [0.29, 0.717) is 50.2 Å². The first-order chi connectivity index (χ1) is 19.6. The summed E-state index contributed by atoms with van der Waals surface area (Å²) in [6.45, 7) is 6.76. The zero-order chi connectivity index (χ0) is 28.9. The summed E-state index contributed by atoms with van der Waals surface area (Å²) in [5, 5.41) is 17.5. The molecule has 6 rings (SSSR count). The number of aliphatic hydroxyl groups excluding tert-OH is 1. The number of nitrogens with zero attached hydrogens (tertiary/aromatic N) is 5. The molecule has 2 fully saturated rings. The number of aliphatic hydroxyl groups is 1. The van der Waals surface area contributed by atoms with Gasteiger partial charge in [0, 0.05) is 61.4 Å². The summed E-state index contributed by atoms with van der Waals surface area (Å²) >= 11 is 0. The van der Waals surface area contributed by atoms with E-state index < -0.39 is 31.6 Å². The van der Waals surface area contributed by atoms with Crippen LogP contribution in [0.4, 0.5) is 15.5 Å². The Morgan fingerprint density at radius 2 is 1.95 bits per heavy atom. The highest BCUT2D eigenvalue weighted by atomic mass is 28.4. The molecule has 9 nitrogen and oxygen atoms in total. The number of benzene rings is 2.